The maximum absolute atomic E-state index is 15.4. The number of ether oxygens (including phenoxy) is 4. The van der Waals surface area contributed by atoms with Crippen molar-refractivity contribution >= 4 is 22.6 Å². The number of benzene rings is 1. The van der Waals surface area contributed by atoms with Crippen LogP contribution in [0.15, 0.2) is 17.1 Å². The first-order valence-electron chi connectivity index (χ1n) is 11.6. The number of nitrogens with zero attached hydrogens (tertiary/aromatic N) is 3. The largest absolute Gasteiger partial charge is 0.487 e. The number of halogens is 1. The van der Waals surface area contributed by atoms with Crippen molar-refractivity contribution < 1.29 is 28.1 Å². The topological polar surface area (TPSA) is 82.5 Å². The Morgan fingerprint density at radius 1 is 1.24 bits per heavy atom. The summed E-state index contributed by atoms with van der Waals surface area (Å²) in [7, 11) is 2.03. The summed E-state index contributed by atoms with van der Waals surface area (Å²) in [6.07, 6.45) is 1.09. The van der Waals surface area contributed by atoms with E-state index in [4.69, 9.17) is 18.9 Å². The fourth-order valence-corrected chi connectivity index (χ4v) is 4.77. The standard InChI is InChI=1S/C24H30FN3O6/c1-14-11-31-22-19-16(9-18(25)20(22)27-7-5-26(4)6-8-27)21(29)17(10-28(14)19)23(30)32-12-15-13-33-24(2,3)34-15/h9-10,14-15H,5-8,11-13H2,1-4H3. The summed E-state index contributed by atoms with van der Waals surface area (Å²) in [4.78, 5) is 30.3. The third kappa shape index (κ3) is 4.03. The fourth-order valence-electron chi connectivity index (χ4n) is 4.77. The van der Waals surface area contributed by atoms with E-state index >= 15 is 4.39 Å². The number of anilines is 1. The van der Waals surface area contributed by atoms with Gasteiger partial charge in [-0.3, -0.25) is 4.79 Å². The second kappa shape index (κ2) is 8.51. The number of rotatable bonds is 4. The Hall–Kier alpha value is -2.69. The molecule has 2 saturated heterocycles. The average molecular weight is 476 g/mol. The van der Waals surface area contributed by atoms with Crippen LogP contribution in [0.3, 0.4) is 0 Å². The number of carbonyl (C=O) groups excluding carboxylic acids is 1. The van der Waals surface area contributed by atoms with E-state index in [1.807, 2.05) is 23.4 Å². The zero-order valence-electron chi connectivity index (χ0n) is 19.9. The van der Waals surface area contributed by atoms with Gasteiger partial charge in [0.25, 0.3) is 0 Å². The molecule has 10 heteroatoms. The normalized spacial score (nSPS) is 24.3. The molecule has 0 bridgehead atoms. The number of esters is 1. The number of carbonyl (C=O) groups is 1. The average Bonchev–Trinajstić information content (AvgIpc) is 3.15. The maximum Gasteiger partial charge on any atom is 0.343 e. The molecular weight excluding hydrogens is 445 g/mol. The highest BCUT2D eigenvalue weighted by Gasteiger charge is 2.34. The van der Waals surface area contributed by atoms with Crippen LogP contribution in [0.1, 0.15) is 37.2 Å². The Balaban J connectivity index is 1.51. The molecule has 0 spiro atoms. The van der Waals surface area contributed by atoms with E-state index < -0.39 is 29.1 Å². The molecule has 0 aliphatic carbocycles. The Morgan fingerprint density at radius 2 is 1.97 bits per heavy atom. The van der Waals surface area contributed by atoms with Crippen LogP contribution in [-0.2, 0) is 14.2 Å². The van der Waals surface area contributed by atoms with Gasteiger partial charge in [0.2, 0.25) is 5.43 Å². The van der Waals surface area contributed by atoms with E-state index in [0.29, 0.717) is 43.3 Å². The molecule has 3 aliphatic rings. The lowest BCUT2D eigenvalue weighted by atomic mass is 10.1. The van der Waals surface area contributed by atoms with E-state index in [9.17, 15) is 9.59 Å². The van der Waals surface area contributed by atoms with E-state index in [1.54, 1.807) is 13.8 Å². The van der Waals surface area contributed by atoms with Crippen LogP contribution in [0.25, 0.3) is 10.9 Å². The Labute approximate surface area is 196 Å². The van der Waals surface area contributed by atoms with Crippen LogP contribution in [0.4, 0.5) is 10.1 Å². The van der Waals surface area contributed by atoms with Crippen molar-refractivity contribution in [3.63, 3.8) is 0 Å². The van der Waals surface area contributed by atoms with Crippen LogP contribution >= 0.6 is 0 Å². The molecule has 5 rings (SSSR count). The summed E-state index contributed by atoms with van der Waals surface area (Å²) in [5.74, 6) is -1.69. The van der Waals surface area contributed by atoms with Crippen molar-refractivity contribution in [3.8, 4) is 5.75 Å². The molecule has 0 N–H and O–H groups in total. The van der Waals surface area contributed by atoms with Crippen LogP contribution in [-0.4, -0.2) is 80.4 Å². The van der Waals surface area contributed by atoms with Crippen molar-refractivity contribution in [2.24, 2.45) is 0 Å². The van der Waals surface area contributed by atoms with Crippen molar-refractivity contribution in [2.75, 3.05) is 57.9 Å². The highest BCUT2D eigenvalue weighted by molar-refractivity contribution is 5.98. The van der Waals surface area contributed by atoms with E-state index in [1.165, 1.54) is 12.3 Å². The highest BCUT2D eigenvalue weighted by atomic mass is 19.1. The second-order valence-corrected chi connectivity index (χ2v) is 9.71. The van der Waals surface area contributed by atoms with Crippen LogP contribution < -0.4 is 15.1 Å². The smallest absolute Gasteiger partial charge is 0.343 e. The molecular formula is C24H30FN3O6. The van der Waals surface area contributed by atoms with Crippen molar-refractivity contribution in [1.82, 2.24) is 9.47 Å². The van der Waals surface area contributed by atoms with Gasteiger partial charge in [-0.05, 0) is 33.9 Å². The molecule has 9 nitrogen and oxygen atoms in total. The Morgan fingerprint density at radius 3 is 2.65 bits per heavy atom. The second-order valence-electron chi connectivity index (χ2n) is 9.71. The van der Waals surface area contributed by atoms with Gasteiger partial charge >= 0.3 is 5.97 Å². The first-order valence-corrected chi connectivity index (χ1v) is 11.6. The minimum atomic E-state index is -0.771. The fraction of sp³-hybridized carbons (Fsp3) is 0.583. The predicted molar refractivity (Wildman–Crippen MR) is 123 cm³/mol. The van der Waals surface area contributed by atoms with Gasteiger partial charge in [0.1, 0.15) is 30.6 Å². The zero-order valence-corrected chi connectivity index (χ0v) is 19.9. The van der Waals surface area contributed by atoms with Crippen LogP contribution in [0, 0.1) is 5.82 Å². The number of aromatic nitrogens is 1. The number of hydrogen-bond donors (Lipinski definition) is 0. The number of piperazine rings is 1. The summed E-state index contributed by atoms with van der Waals surface area (Å²) in [6.45, 7) is 8.95. The molecule has 0 radical (unpaired) electrons. The molecule has 0 saturated carbocycles. The van der Waals surface area contributed by atoms with Crippen molar-refractivity contribution in [3.05, 3.63) is 33.9 Å². The van der Waals surface area contributed by atoms with Gasteiger partial charge in [0, 0.05) is 32.4 Å². The number of likely N-dealkylation sites (N-methyl/N-ethyl adjacent to an activating group) is 1. The van der Waals surface area contributed by atoms with Crippen LogP contribution in [0.5, 0.6) is 5.75 Å². The quantitative estimate of drug-likeness (QED) is 0.623. The van der Waals surface area contributed by atoms with Gasteiger partial charge in [0.15, 0.2) is 17.4 Å². The van der Waals surface area contributed by atoms with E-state index in [-0.39, 0.29) is 23.6 Å². The van der Waals surface area contributed by atoms with Gasteiger partial charge in [-0.15, -0.1) is 0 Å². The van der Waals surface area contributed by atoms with Gasteiger partial charge in [-0.2, -0.15) is 0 Å². The highest BCUT2D eigenvalue weighted by Crippen LogP contribution is 2.42. The van der Waals surface area contributed by atoms with Gasteiger partial charge < -0.3 is 33.3 Å². The van der Waals surface area contributed by atoms with Crippen molar-refractivity contribution in [1.29, 1.82) is 0 Å². The lowest BCUT2D eigenvalue weighted by Gasteiger charge is -2.37. The third-order valence-corrected chi connectivity index (χ3v) is 6.65. The van der Waals surface area contributed by atoms with Gasteiger partial charge in [0.05, 0.1) is 23.6 Å². The van der Waals surface area contributed by atoms with Crippen LogP contribution in [0.2, 0.25) is 0 Å². The lowest BCUT2D eigenvalue weighted by molar-refractivity contribution is -0.142. The summed E-state index contributed by atoms with van der Waals surface area (Å²) in [5.41, 5.74) is 0.155. The molecule has 1 aromatic carbocycles. The van der Waals surface area contributed by atoms with Gasteiger partial charge in [-0.1, -0.05) is 0 Å². The zero-order chi connectivity index (χ0) is 24.2. The molecule has 2 unspecified atom stereocenters. The monoisotopic (exact) mass is 475 g/mol. The Bertz CT molecular complexity index is 1190. The van der Waals surface area contributed by atoms with E-state index in [0.717, 1.165) is 13.1 Å². The predicted octanol–water partition coefficient (Wildman–Crippen LogP) is 2.15. The number of pyridine rings is 1. The first kappa shape index (κ1) is 23.1. The molecule has 2 aromatic rings. The summed E-state index contributed by atoms with van der Waals surface area (Å²) < 4.78 is 39.7. The number of hydrogen-bond acceptors (Lipinski definition) is 8. The molecule has 3 aliphatic heterocycles. The minimum absolute atomic E-state index is 0.0413. The van der Waals surface area contributed by atoms with Crippen molar-refractivity contribution in [2.45, 2.75) is 38.7 Å². The molecule has 4 heterocycles. The molecule has 184 valence electrons. The Kier molecular flexibility index (Phi) is 5.78. The summed E-state index contributed by atoms with van der Waals surface area (Å²) >= 11 is 0. The molecule has 2 atom stereocenters. The summed E-state index contributed by atoms with van der Waals surface area (Å²) in [6, 6.07) is 1.07. The minimum Gasteiger partial charge on any atom is -0.487 e. The third-order valence-electron chi connectivity index (χ3n) is 6.65. The maximum atomic E-state index is 15.4. The molecule has 34 heavy (non-hydrogen) atoms. The summed E-state index contributed by atoms with van der Waals surface area (Å²) in [5, 5.41) is 0.105. The molecule has 0 amide bonds. The lowest BCUT2D eigenvalue weighted by Crippen LogP contribution is -2.45. The van der Waals surface area contributed by atoms with E-state index in [2.05, 4.69) is 4.90 Å². The van der Waals surface area contributed by atoms with Gasteiger partial charge in [-0.25, -0.2) is 9.18 Å². The SMILES string of the molecule is CC1COc2c(N3CCN(C)CC3)c(F)cc3c(=O)c(C(=O)OCC4COC(C)(C)O4)cn1c23. The molecule has 1 aromatic heterocycles. The molecule has 2 fully saturated rings. The first-order chi connectivity index (χ1) is 16.1.